The summed E-state index contributed by atoms with van der Waals surface area (Å²) in [5.41, 5.74) is 1.71. The van der Waals surface area contributed by atoms with Gasteiger partial charge in [0.15, 0.2) is 0 Å². The lowest BCUT2D eigenvalue weighted by molar-refractivity contribution is 0.561. The highest BCUT2D eigenvalue weighted by atomic mass is 79.9. The molecule has 0 saturated heterocycles. The molecule has 2 aromatic rings. The number of nitrogens with one attached hydrogen (secondary N) is 1. The molecular formula is C15H14BrF2N. The van der Waals surface area contributed by atoms with Crippen molar-refractivity contribution in [1.29, 1.82) is 0 Å². The summed E-state index contributed by atoms with van der Waals surface area (Å²) in [6, 6.07) is 11.2. The molecule has 1 nitrogen and oxygen atoms in total. The van der Waals surface area contributed by atoms with Gasteiger partial charge in [0.2, 0.25) is 0 Å². The van der Waals surface area contributed by atoms with E-state index in [4.69, 9.17) is 0 Å². The van der Waals surface area contributed by atoms with Crippen molar-refractivity contribution >= 4 is 15.9 Å². The van der Waals surface area contributed by atoms with E-state index < -0.39 is 0 Å². The number of rotatable bonds is 4. The van der Waals surface area contributed by atoms with Gasteiger partial charge in [-0.2, -0.15) is 0 Å². The van der Waals surface area contributed by atoms with Crippen molar-refractivity contribution in [3.63, 3.8) is 0 Å². The first-order chi connectivity index (χ1) is 9.04. The molecule has 0 unspecified atom stereocenters. The average molecular weight is 326 g/mol. The summed E-state index contributed by atoms with van der Waals surface area (Å²) in [5, 5.41) is 3.24. The first-order valence-corrected chi connectivity index (χ1v) is 6.78. The lowest BCUT2D eigenvalue weighted by Crippen LogP contribution is -2.18. The van der Waals surface area contributed by atoms with Crippen LogP contribution in [-0.4, -0.2) is 0 Å². The quantitative estimate of drug-likeness (QED) is 0.867. The fourth-order valence-corrected chi connectivity index (χ4v) is 2.39. The van der Waals surface area contributed by atoms with Crippen molar-refractivity contribution < 1.29 is 8.78 Å². The van der Waals surface area contributed by atoms with Crippen LogP contribution in [0.3, 0.4) is 0 Å². The summed E-state index contributed by atoms with van der Waals surface area (Å²) in [6.07, 6.45) is 0. The Hall–Kier alpha value is -1.26. The van der Waals surface area contributed by atoms with Gasteiger partial charge in [-0.15, -0.1) is 0 Å². The van der Waals surface area contributed by atoms with E-state index in [1.54, 1.807) is 6.07 Å². The maximum Gasteiger partial charge on any atom is 0.124 e. The minimum absolute atomic E-state index is 0.00209. The zero-order chi connectivity index (χ0) is 13.8. The monoisotopic (exact) mass is 325 g/mol. The van der Waals surface area contributed by atoms with Gasteiger partial charge < -0.3 is 5.32 Å². The number of benzene rings is 2. The second kappa shape index (κ2) is 6.26. The van der Waals surface area contributed by atoms with Gasteiger partial charge in [0.05, 0.1) is 0 Å². The Morgan fingerprint density at radius 1 is 1.11 bits per heavy atom. The van der Waals surface area contributed by atoms with Crippen LogP contribution >= 0.6 is 15.9 Å². The minimum atomic E-state index is -0.274. The third-order valence-corrected chi connectivity index (χ3v) is 3.34. The van der Waals surface area contributed by atoms with Crippen LogP contribution in [0.2, 0.25) is 0 Å². The highest BCUT2D eigenvalue weighted by molar-refractivity contribution is 9.10. The molecule has 0 amide bonds. The molecule has 0 saturated carbocycles. The van der Waals surface area contributed by atoms with Crippen molar-refractivity contribution in [2.45, 2.75) is 19.5 Å². The number of hydrogen-bond acceptors (Lipinski definition) is 1. The molecule has 0 aliphatic heterocycles. The standard InChI is InChI=1S/C15H14BrF2N/c1-10(12-3-2-4-14(17)7-12)19-9-11-5-13(16)8-15(18)6-11/h2-8,10,19H,9H2,1H3/t10-/m0/s1. The van der Waals surface area contributed by atoms with Crippen molar-refractivity contribution in [2.24, 2.45) is 0 Å². The summed E-state index contributed by atoms with van der Waals surface area (Å²) < 4.78 is 27.0. The molecule has 2 rings (SSSR count). The van der Waals surface area contributed by atoms with E-state index in [1.807, 2.05) is 19.1 Å². The van der Waals surface area contributed by atoms with E-state index in [2.05, 4.69) is 21.2 Å². The van der Waals surface area contributed by atoms with E-state index in [-0.39, 0.29) is 17.7 Å². The number of halogens is 3. The summed E-state index contributed by atoms with van der Waals surface area (Å²) in [4.78, 5) is 0. The van der Waals surface area contributed by atoms with Gasteiger partial charge in [-0.3, -0.25) is 0 Å². The summed E-state index contributed by atoms with van der Waals surface area (Å²) in [6.45, 7) is 2.47. The Balaban J connectivity index is 2.02. The van der Waals surface area contributed by atoms with E-state index in [1.165, 1.54) is 24.3 Å². The van der Waals surface area contributed by atoms with Crippen LogP contribution in [0.25, 0.3) is 0 Å². The minimum Gasteiger partial charge on any atom is -0.306 e. The van der Waals surface area contributed by atoms with Gasteiger partial charge in [-0.05, 0) is 48.4 Å². The smallest absolute Gasteiger partial charge is 0.124 e. The predicted octanol–water partition coefficient (Wildman–Crippen LogP) is 4.58. The van der Waals surface area contributed by atoms with Gasteiger partial charge in [0, 0.05) is 17.1 Å². The summed E-state index contributed by atoms with van der Waals surface area (Å²) in [7, 11) is 0. The lowest BCUT2D eigenvalue weighted by atomic mass is 10.1. The van der Waals surface area contributed by atoms with Gasteiger partial charge in [0.1, 0.15) is 11.6 Å². The van der Waals surface area contributed by atoms with Crippen LogP contribution in [0.5, 0.6) is 0 Å². The molecule has 2 aromatic carbocycles. The number of hydrogen-bond donors (Lipinski definition) is 1. The zero-order valence-corrected chi connectivity index (χ0v) is 12.0. The maximum atomic E-state index is 13.2. The molecule has 0 fully saturated rings. The van der Waals surface area contributed by atoms with Gasteiger partial charge in [-0.1, -0.05) is 28.1 Å². The maximum absolute atomic E-state index is 13.2. The van der Waals surface area contributed by atoms with Crippen molar-refractivity contribution in [3.8, 4) is 0 Å². The second-order valence-electron chi connectivity index (χ2n) is 4.44. The first-order valence-electron chi connectivity index (χ1n) is 5.98. The van der Waals surface area contributed by atoms with Crippen LogP contribution in [-0.2, 0) is 6.54 Å². The van der Waals surface area contributed by atoms with E-state index in [9.17, 15) is 8.78 Å². The second-order valence-corrected chi connectivity index (χ2v) is 5.35. The average Bonchev–Trinajstić information content (AvgIpc) is 2.35. The van der Waals surface area contributed by atoms with Crippen LogP contribution in [0.1, 0.15) is 24.1 Å². The topological polar surface area (TPSA) is 12.0 Å². The Labute approximate surface area is 119 Å². The Morgan fingerprint density at radius 3 is 2.58 bits per heavy atom. The third kappa shape index (κ3) is 4.11. The van der Waals surface area contributed by atoms with E-state index in [0.29, 0.717) is 11.0 Å². The summed E-state index contributed by atoms with van der Waals surface area (Å²) in [5.74, 6) is -0.524. The molecule has 19 heavy (non-hydrogen) atoms. The van der Waals surface area contributed by atoms with Gasteiger partial charge >= 0.3 is 0 Å². The molecule has 0 aliphatic rings. The molecule has 0 spiro atoms. The highest BCUT2D eigenvalue weighted by Gasteiger charge is 2.06. The van der Waals surface area contributed by atoms with Gasteiger partial charge in [0.25, 0.3) is 0 Å². The zero-order valence-electron chi connectivity index (χ0n) is 10.5. The molecular weight excluding hydrogens is 312 g/mol. The molecule has 100 valence electrons. The molecule has 0 aromatic heterocycles. The molecule has 1 atom stereocenters. The highest BCUT2D eigenvalue weighted by Crippen LogP contribution is 2.17. The van der Waals surface area contributed by atoms with Gasteiger partial charge in [-0.25, -0.2) is 8.78 Å². The van der Waals surface area contributed by atoms with Crippen molar-refractivity contribution in [3.05, 3.63) is 69.7 Å². The Kier molecular flexibility index (Phi) is 4.66. The molecule has 0 bridgehead atoms. The molecule has 1 N–H and O–H groups in total. The van der Waals surface area contributed by atoms with Crippen molar-refractivity contribution in [1.82, 2.24) is 5.32 Å². The normalized spacial score (nSPS) is 12.4. The fraction of sp³-hybridized carbons (Fsp3) is 0.200. The van der Waals surface area contributed by atoms with Crippen LogP contribution < -0.4 is 5.32 Å². The predicted molar refractivity (Wildman–Crippen MR) is 75.8 cm³/mol. The molecule has 0 radical (unpaired) electrons. The summed E-state index contributed by atoms with van der Waals surface area (Å²) >= 11 is 3.26. The SMILES string of the molecule is C[C@H](NCc1cc(F)cc(Br)c1)c1cccc(F)c1. The Morgan fingerprint density at radius 2 is 1.89 bits per heavy atom. The largest absolute Gasteiger partial charge is 0.306 e. The molecule has 0 aliphatic carbocycles. The fourth-order valence-electron chi connectivity index (χ4n) is 1.88. The van der Waals surface area contributed by atoms with Crippen LogP contribution in [0, 0.1) is 11.6 Å². The van der Waals surface area contributed by atoms with Crippen molar-refractivity contribution in [2.75, 3.05) is 0 Å². The molecule has 0 heterocycles. The molecule has 4 heteroatoms. The Bertz CT molecular complexity index is 552. The first kappa shape index (κ1) is 14.2. The van der Waals surface area contributed by atoms with E-state index in [0.717, 1.165) is 11.1 Å². The third-order valence-electron chi connectivity index (χ3n) is 2.88. The van der Waals surface area contributed by atoms with Crippen LogP contribution in [0.4, 0.5) is 8.78 Å². The van der Waals surface area contributed by atoms with E-state index >= 15 is 0 Å². The van der Waals surface area contributed by atoms with Crippen LogP contribution in [0.15, 0.2) is 46.9 Å². The lowest BCUT2D eigenvalue weighted by Gasteiger charge is -2.14.